The maximum atomic E-state index is 13.2. The van der Waals surface area contributed by atoms with E-state index in [2.05, 4.69) is 30.7 Å². The molecule has 0 unspecified atom stereocenters. The van der Waals surface area contributed by atoms with Crippen LogP contribution in [-0.4, -0.2) is 9.97 Å². The van der Waals surface area contributed by atoms with Crippen molar-refractivity contribution < 1.29 is 4.39 Å². The van der Waals surface area contributed by atoms with Crippen molar-refractivity contribution in [3.05, 3.63) is 47.2 Å². The first kappa shape index (κ1) is 12.3. The summed E-state index contributed by atoms with van der Waals surface area (Å²) in [7, 11) is 0. The molecule has 3 rings (SSSR count). The molecule has 2 aromatic heterocycles. The Morgan fingerprint density at radius 2 is 2.05 bits per heavy atom. The van der Waals surface area contributed by atoms with Gasteiger partial charge in [-0.3, -0.25) is 4.98 Å². The highest BCUT2D eigenvalue weighted by molar-refractivity contribution is 5.65. The standard InChI is InChI=1S/C16H17FN2/c1-10-12-4-6-16(2,3)13(12)9-19-15(10)11-5-7-18-14(17)8-11/h5,7-9H,4,6H2,1-3H3. The second kappa shape index (κ2) is 4.12. The quantitative estimate of drug-likeness (QED) is 0.725. The molecule has 2 aromatic rings. The Hall–Kier alpha value is -1.77. The van der Waals surface area contributed by atoms with Gasteiger partial charge in [0.25, 0.3) is 0 Å². The van der Waals surface area contributed by atoms with Gasteiger partial charge in [-0.2, -0.15) is 4.39 Å². The van der Waals surface area contributed by atoms with Crippen molar-refractivity contribution in [2.45, 2.75) is 39.0 Å². The van der Waals surface area contributed by atoms with Gasteiger partial charge in [-0.05, 0) is 47.9 Å². The third-order valence-corrected chi connectivity index (χ3v) is 4.18. The first-order valence-corrected chi connectivity index (χ1v) is 6.60. The summed E-state index contributed by atoms with van der Waals surface area (Å²) < 4.78 is 13.2. The highest BCUT2D eigenvalue weighted by Gasteiger charge is 2.31. The highest BCUT2D eigenvalue weighted by Crippen LogP contribution is 2.41. The van der Waals surface area contributed by atoms with Crippen molar-refractivity contribution in [3.63, 3.8) is 0 Å². The topological polar surface area (TPSA) is 25.8 Å². The lowest BCUT2D eigenvalue weighted by Crippen LogP contribution is -2.12. The van der Waals surface area contributed by atoms with Crippen LogP contribution in [0.1, 0.15) is 37.0 Å². The van der Waals surface area contributed by atoms with Gasteiger partial charge in [0.05, 0.1) is 5.69 Å². The number of pyridine rings is 2. The van der Waals surface area contributed by atoms with Crippen LogP contribution in [0, 0.1) is 12.9 Å². The Kier molecular flexibility index (Phi) is 2.66. The van der Waals surface area contributed by atoms with Crippen LogP contribution < -0.4 is 0 Å². The summed E-state index contributed by atoms with van der Waals surface area (Å²) in [4.78, 5) is 8.16. The molecular formula is C16H17FN2. The number of halogens is 1. The predicted molar refractivity (Wildman–Crippen MR) is 73.5 cm³/mol. The van der Waals surface area contributed by atoms with Crippen LogP contribution in [0.2, 0.25) is 0 Å². The van der Waals surface area contributed by atoms with Crippen LogP contribution in [0.25, 0.3) is 11.3 Å². The molecule has 2 nitrogen and oxygen atoms in total. The molecule has 0 saturated heterocycles. The summed E-state index contributed by atoms with van der Waals surface area (Å²) in [5.41, 5.74) is 5.77. The highest BCUT2D eigenvalue weighted by atomic mass is 19.1. The molecule has 2 heterocycles. The smallest absolute Gasteiger partial charge is 0.213 e. The maximum absolute atomic E-state index is 13.2. The van der Waals surface area contributed by atoms with E-state index in [4.69, 9.17) is 0 Å². The Labute approximate surface area is 112 Å². The number of nitrogens with zero attached hydrogens (tertiary/aromatic N) is 2. The van der Waals surface area contributed by atoms with Gasteiger partial charge in [0.1, 0.15) is 0 Å². The molecule has 0 amide bonds. The molecule has 0 radical (unpaired) electrons. The molecule has 0 saturated carbocycles. The van der Waals surface area contributed by atoms with E-state index in [1.165, 1.54) is 29.0 Å². The summed E-state index contributed by atoms with van der Waals surface area (Å²) in [6.45, 7) is 6.60. The average molecular weight is 256 g/mol. The van der Waals surface area contributed by atoms with E-state index in [9.17, 15) is 4.39 Å². The molecule has 1 aliphatic rings. The summed E-state index contributed by atoms with van der Waals surface area (Å²) >= 11 is 0. The average Bonchev–Trinajstić information content (AvgIpc) is 2.67. The van der Waals surface area contributed by atoms with Crippen LogP contribution in [0.5, 0.6) is 0 Å². The first-order chi connectivity index (χ1) is 8.99. The Bertz CT molecular complexity index is 647. The molecule has 0 bridgehead atoms. The number of rotatable bonds is 1. The van der Waals surface area contributed by atoms with Gasteiger partial charge in [-0.1, -0.05) is 13.8 Å². The van der Waals surface area contributed by atoms with E-state index in [1.54, 1.807) is 0 Å². The summed E-state index contributed by atoms with van der Waals surface area (Å²) in [5.74, 6) is -0.459. The fourth-order valence-electron chi connectivity index (χ4n) is 2.97. The minimum absolute atomic E-state index is 0.203. The van der Waals surface area contributed by atoms with Crippen LogP contribution in [0.3, 0.4) is 0 Å². The molecule has 0 spiro atoms. The molecule has 0 N–H and O–H groups in total. The fourth-order valence-corrected chi connectivity index (χ4v) is 2.97. The zero-order chi connectivity index (χ0) is 13.6. The molecule has 0 atom stereocenters. The largest absolute Gasteiger partial charge is 0.256 e. The van der Waals surface area contributed by atoms with Crippen molar-refractivity contribution >= 4 is 0 Å². The van der Waals surface area contributed by atoms with Gasteiger partial charge in [-0.15, -0.1) is 0 Å². The minimum atomic E-state index is -0.459. The van der Waals surface area contributed by atoms with Crippen molar-refractivity contribution in [1.82, 2.24) is 9.97 Å². The van der Waals surface area contributed by atoms with E-state index < -0.39 is 5.95 Å². The van der Waals surface area contributed by atoms with Gasteiger partial charge in [0, 0.05) is 24.0 Å². The maximum Gasteiger partial charge on any atom is 0.213 e. The molecule has 0 fully saturated rings. The van der Waals surface area contributed by atoms with Gasteiger partial charge >= 0.3 is 0 Å². The molecule has 19 heavy (non-hydrogen) atoms. The normalized spacial score (nSPS) is 16.4. The first-order valence-electron chi connectivity index (χ1n) is 6.60. The van der Waals surface area contributed by atoms with E-state index in [0.717, 1.165) is 24.1 Å². The second-order valence-corrected chi connectivity index (χ2v) is 5.88. The van der Waals surface area contributed by atoms with Crippen LogP contribution in [0.4, 0.5) is 4.39 Å². The van der Waals surface area contributed by atoms with E-state index in [0.29, 0.717) is 0 Å². The van der Waals surface area contributed by atoms with Gasteiger partial charge in [0.15, 0.2) is 0 Å². The number of aromatic nitrogens is 2. The van der Waals surface area contributed by atoms with Crippen LogP contribution in [-0.2, 0) is 11.8 Å². The lowest BCUT2D eigenvalue weighted by Gasteiger charge is -2.19. The van der Waals surface area contributed by atoms with Crippen LogP contribution >= 0.6 is 0 Å². The zero-order valence-electron chi connectivity index (χ0n) is 11.5. The molecule has 0 aromatic carbocycles. The lowest BCUT2D eigenvalue weighted by molar-refractivity contribution is 0.521. The minimum Gasteiger partial charge on any atom is -0.256 e. The summed E-state index contributed by atoms with van der Waals surface area (Å²) in [6, 6.07) is 3.26. The SMILES string of the molecule is Cc1c(-c2ccnc(F)c2)ncc2c1CCC2(C)C. The zero-order valence-corrected chi connectivity index (χ0v) is 11.5. The molecule has 0 aliphatic heterocycles. The number of hydrogen-bond donors (Lipinski definition) is 0. The molecule has 1 aliphatic carbocycles. The van der Waals surface area contributed by atoms with E-state index >= 15 is 0 Å². The Balaban J connectivity index is 2.16. The Morgan fingerprint density at radius 1 is 1.26 bits per heavy atom. The van der Waals surface area contributed by atoms with E-state index in [-0.39, 0.29) is 5.41 Å². The van der Waals surface area contributed by atoms with Crippen molar-refractivity contribution in [3.8, 4) is 11.3 Å². The van der Waals surface area contributed by atoms with Crippen molar-refractivity contribution in [2.24, 2.45) is 0 Å². The predicted octanol–water partition coefficient (Wildman–Crippen LogP) is 3.81. The molecule has 98 valence electrons. The molecule has 3 heteroatoms. The van der Waals surface area contributed by atoms with Gasteiger partial charge in [0.2, 0.25) is 5.95 Å². The van der Waals surface area contributed by atoms with E-state index in [1.807, 2.05) is 12.3 Å². The number of fused-ring (bicyclic) bond motifs is 1. The monoisotopic (exact) mass is 256 g/mol. The van der Waals surface area contributed by atoms with Crippen LogP contribution in [0.15, 0.2) is 24.5 Å². The fraction of sp³-hybridized carbons (Fsp3) is 0.375. The lowest BCUT2D eigenvalue weighted by atomic mass is 9.87. The van der Waals surface area contributed by atoms with Gasteiger partial charge in [-0.25, -0.2) is 4.98 Å². The third-order valence-electron chi connectivity index (χ3n) is 4.18. The third kappa shape index (κ3) is 1.93. The molecular weight excluding hydrogens is 239 g/mol. The van der Waals surface area contributed by atoms with Crippen molar-refractivity contribution in [2.75, 3.05) is 0 Å². The second-order valence-electron chi connectivity index (χ2n) is 5.88. The summed E-state index contributed by atoms with van der Waals surface area (Å²) in [6.07, 6.45) is 5.68. The summed E-state index contributed by atoms with van der Waals surface area (Å²) in [5, 5.41) is 0. The number of hydrogen-bond acceptors (Lipinski definition) is 2. The van der Waals surface area contributed by atoms with Crippen molar-refractivity contribution in [1.29, 1.82) is 0 Å². The Morgan fingerprint density at radius 3 is 2.79 bits per heavy atom. The van der Waals surface area contributed by atoms with Gasteiger partial charge < -0.3 is 0 Å².